The van der Waals surface area contributed by atoms with Crippen LogP contribution in [-0.4, -0.2) is 59.0 Å². The van der Waals surface area contributed by atoms with Gasteiger partial charge in [-0.05, 0) is 57.2 Å². The van der Waals surface area contributed by atoms with Crippen molar-refractivity contribution in [2.75, 3.05) is 19.6 Å². The molecule has 3 amide bonds. The summed E-state index contributed by atoms with van der Waals surface area (Å²) in [6, 6.07) is 7.20. The van der Waals surface area contributed by atoms with Crippen molar-refractivity contribution in [2.45, 2.75) is 58.1 Å². The predicted molar refractivity (Wildman–Crippen MR) is 109 cm³/mol. The lowest BCUT2D eigenvalue weighted by Crippen LogP contribution is -2.57. The topological polar surface area (TPSA) is 92.9 Å². The van der Waals surface area contributed by atoms with Gasteiger partial charge < -0.3 is 20.3 Å². The summed E-state index contributed by atoms with van der Waals surface area (Å²) < 4.78 is 5.48. The first-order valence-electron chi connectivity index (χ1n) is 10.3. The zero-order valence-corrected chi connectivity index (χ0v) is 17.7. The molecule has 158 valence electrons. The minimum absolute atomic E-state index is 0.00209. The highest BCUT2D eigenvalue weighted by molar-refractivity contribution is 5.92. The molecule has 1 aromatic carbocycles. The molecule has 2 aliphatic rings. The number of amides is 3. The molecule has 3 unspecified atom stereocenters. The van der Waals surface area contributed by atoms with Crippen LogP contribution in [0.25, 0.3) is 0 Å². The van der Waals surface area contributed by atoms with Crippen LogP contribution in [0.1, 0.15) is 62.4 Å². The van der Waals surface area contributed by atoms with Gasteiger partial charge in [-0.3, -0.25) is 9.59 Å². The van der Waals surface area contributed by atoms with Crippen LogP contribution in [0, 0.1) is 5.92 Å². The molecule has 1 aliphatic heterocycles. The van der Waals surface area contributed by atoms with E-state index >= 15 is 0 Å². The molecule has 7 nitrogen and oxygen atoms in total. The highest BCUT2D eigenvalue weighted by Gasteiger charge is 2.47. The second-order valence-electron chi connectivity index (χ2n) is 8.96. The lowest BCUT2D eigenvalue weighted by atomic mass is 10.0. The number of hydrogen-bond acceptors (Lipinski definition) is 4. The predicted octanol–water partition coefficient (Wildman–Crippen LogP) is 2.75. The Morgan fingerprint density at radius 1 is 1.14 bits per heavy atom. The Kier molecular flexibility index (Phi) is 5.87. The zero-order chi connectivity index (χ0) is 21.3. The van der Waals surface area contributed by atoms with Crippen molar-refractivity contribution in [2.24, 2.45) is 11.7 Å². The van der Waals surface area contributed by atoms with Crippen molar-refractivity contribution in [3.05, 3.63) is 35.4 Å². The van der Waals surface area contributed by atoms with E-state index in [1.165, 1.54) is 0 Å². The molecule has 0 radical (unpaired) electrons. The quantitative estimate of drug-likeness (QED) is 0.839. The molecule has 2 fully saturated rings. The van der Waals surface area contributed by atoms with Crippen LogP contribution >= 0.6 is 0 Å². The number of primary amides is 1. The molecule has 1 saturated heterocycles. The Morgan fingerprint density at radius 2 is 1.79 bits per heavy atom. The molecule has 0 aromatic heterocycles. The Balaban J connectivity index is 1.60. The van der Waals surface area contributed by atoms with Crippen molar-refractivity contribution in [1.29, 1.82) is 0 Å². The van der Waals surface area contributed by atoms with Crippen molar-refractivity contribution in [3.8, 4) is 0 Å². The van der Waals surface area contributed by atoms with Gasteiger partial charge in [-0.15, -0.1) is 0 Å². The first-order chi connectivity index (χ1) is 13.6. The van der Waals surface area contributed by atoms with Gasteiger partial charge in [0.05, 0.1) is 0 Å². The van der Waals surface area contributed by atoms with E-state index in [9.17, 15) is 14.4 Å². The lowest BCUT2D eigenvalue weighted by Gasteiger charge is -2.41. The van der Waals surface area contributed by atoms with Gasteiger partial charge in [0.15, 0.2) is 0 Å². The van der Waals surface area contributed by atoms with E-state index in [4.69, 9.17) is 10.5 Å². The van der Waals surface area contributed by atoms with Crippen molar-refractivity contribution >= 4 is 17.9 Å². The summed E-state index contributed by atoms with van der Waals surface area (Å²) in [5.74, 6) is -0.138. The second-order valence-corrected chi connectivity index (χ2v) is 8.96. The number of nitrogens with zero attached hydrogens (tertiary/aromatic N) is 2. The van der Waals surface area contributed by atoms with Gasteiger partial charge >= 0.3 is 6.09 Å². The molecule has 1 heterocycles. The molecule has 7 heteroatoms. The number of hydrogen-bond donors (Lipinski definition) is 1. The summed E-state index contributed by atoms with van der Waals surface area (Å²) in [4.78, 5) is 40.3. The van der Waals surface area contributed by atoms with Gasteiger partial charge in [-0.1, -0.05) is 19.1 Å². The third-order valence-electron chi connectivity index (χ3n) is 5.62. The highest BCUT2D eigenvalue weighted by atomic mass is 16.6. The second kappa shape index (κ2) is 8.05. The summed E-state index contributed by atoms with van der Waals surface area (Å²) in [5.41, 5.74) is 6.30. The fourth-order valence-corrected chi connectivity index (χ4v) is 3.93. The average Bonchev–Trinajstić information content (AvgIpc) is 3.46. The summed E-state index contributed by atoms with van der Waals surface area (Å²) in [6.45, 7) is 9.11. The van der Waals surface area contributed by atoms with E-state index in [2.05, 4.69) is 0 Å². The van der Waals surface area contributed by atoms with Crippen LogP contribution < -0.4 is 5.73 Å². The normalized spacial score (nSPS) is 24.2. The SMILES string of the molecule is CCC1CN(C(=O)OC(C)(C)C)CCN1C(=O)C1CC1c1ccc(C(N)=O)cc1. The number of ether oxygens (including phenoxy) is 1. The Bertz CT molecular complexity index is 784. The molecule has 29 heavy (non-hydrogen) atoms. The van der Waals surface area contributed by atoms with Crippen LogP contribution in [0.15, 0.2) is 24.3 Å². The van der Waals surface area contributed by atoms with E-state index < -0.39 is 11.5 Å². The Morgan fingerprint density at radius 3 is 2.34 bits per heavy atom. The number of piperazine rings is 1. The average molecular weight is 402 g/mol. The molecule has 1 saturated carbocycles. The van der Waals surface area contributed by atoms with Gasteiger partial charge in [0.1, 0.15) is 5.60 Å². The monoisotopic (exact) mass is 401 g/mol. The number of nitrogens with two attached hydrogens (primary N) is 1. The van der Waals surface area contributed by atoms with Crippen molar-refractivity contribution < 1.29 is 19.1 Å². The minimum Gasteiger partial charge on any atom is -0.444 e. The molecule has 1 aliphatic carbocycles. The largest absolute Gasteiger partial charge is 0.444 e. The highest BCUT2D eigenvalue weighted by Crippen LogP contribution is 2.49. The van der Waals surface area contributed by atoms with E-state index in [1.54, 1.807) is 17.0 Å². The summed E-state index contributed by atoms with van der Waals surface area (Å²) in [5, 5.41) is 0. The Labute approximate surface area is 172 Å². The molecule has 3 rings (SSSR count). The third-order valence-corrected chi connectivity index (χ3v) is 5.62. The van der Waals surface area contributed by atoms with Crippen LogP contribution in [-0.2, 0) is 9.53 Å². The number of carbonyl (C=O) groups is 3. The third kappa shape index (κ3) is 4.89. The lowest BCUT2D eigenvalue weighted by molar-refractivity contribution is -0.137. The maximum absolute atomic E-state index is 13.1. The number of carbonyl (C=O) groups excluding carboxylic acids is 3. The first kappa shape index (κ1) is 21.1. The summed E-state index contributed by atoms with van der Waals surface area (Å²) in [6.07, 6.45) is 1.29. The van der Waals surface area contributed by atoms with Gasteiger partial charge in [-0.25, -0.2) is 4.79 Å². The first-order valence-corrected chi connectivity index (χ1v) is 10.3. The van der Waals surface area contributed by atoms with E-state index in [1.807, 2.05) is 44.7 Å². The number of benzene rings is 1. The summed E-state index contributed by atoms with van der Waals surface area (Å²) >= 11 is 0. The van der Waals surface area contributed by atoms with Crippen LogP contribution in [0.2, 0.25) is 0 Å². The van der Waals surface area contributed by atoms with E-state index in [0.717, 1.165) is 18.4 Å². The zero-order valence-electron chi connectivity index (χ0n) is 17.7. The molecule has 3 atom stereocenters. The van der Waals surface area contributed by atoms with Crippen LogP contribution in [0.5, 0.6) is 0 Å². The van der Waals surface area contributed by atoms with Gasteiger partial charge in [0, 0.05) is 37.2 Å². The van der Waals surface area contributed by atoms with E-state index in [0.29, 0.717) is 25.2 Å². The standard InChI is InChI=1S/C22H31N3O4/c1-5-16-13-24(21(28)29-22(2,3)4)10-11-25(16)20(27)18-12-17(18)14-6-8-15(9-7-14)19(23)26/h6-9,16-18H,5,10-13H2,1-4H3,(H2,23,26). The van der Waals surface area contributed by atoms with Gasteiger partial charge in [0.2, 0.25) is 11.8 Å². The van der Waals surface area contributed by atoms with Crippen LogP contribution in [0.3, 0.4) is 0 Å². The fraction of sp³-hybridized carbons (Fsp3) is 0.591. The van der Waals surface area contributed by atoms with E-state index in [-0.39, 0.29) is 29.9 Å². The molecule has 1 aromatic rings. The fourth-order valence-electron chi connectivity index (χ4n) is 3.93. The molecular weight excluding hydrogens is 370 g/mol. The van der Waals surface area contributed by atoms with Gasteiger partial charge in [0.25, 0.3) is 0 Å². The van der Waals surface area contributed by atoms with Gasteiger partial charge in [-0.2, -0.15) is 0 Å². The molecule has 0 spiro atoms. The van der Waals surface area contributed by atoms with Crippen molar-refractivity contribution in [3.63, 3.8) is 0 Å². The number of rotatable bonds is 4. The minimum atomic E-state index is -0.531. The maximum Gasteiger partial charge on any atom is 0.410 e. The molecular formula is C22H31N3O4. The van der Waals surface area contributed by atoms with Crippen molar-refractivity contribution in [1.82, 2.24) is 9.80 Å². The smallest absolute Gasteiger partial charge is 0.410 e. The summed E-state index contributed by atoms with van der Waals surface area (Å²) in [7, 11) is 0. The Hall–Kier alpha value is -2.57. The molecule has 0 bridgehead atoms. The maximum atomic E-state index is 13.1. The van der Waals surface area contributed by atoms with Crippen LogP contribution in [0.4, 0.5) is 4.79 Å². The molecule has 2 N–H and O–H groups in total.